The molecule has 0 N–H and O–H groups in total. The molecule has 1 fully saturated rings. The van der Waals surface area contributed by atoms with Crippen molar-refractivity contribution in [3.05, 3.63) is 29.8 Å². The zero-order valence-electron chi connectivity index (χ0n) is 6.63. The summed E-state index contributed by atoms with van der Waals surface area (Å²) >= 11 is 0. The minimum Gasteiger partial charge on any atom is -0.872 e. The van der Waals surface area contributed by atoms with E-state index in [1.165, 1.54) is 12.8 Å². The van der Waals surface area contributed by atoms with Gasteiger partial charge in [0.05, 0.1) is 0 Å². The van der Waals surface area contributed by atoms with Crippen LogP contribution in [-0.2, 0) is 5.41 Å². The highest BCUT2D eigenvalue weighted by atomic mass is 16.3. The predicted octanol–water partition coefficient (Wildman–Crippen LogP) is 1.81. The lowest BCUT2D eigenvalue weighted by Crippen LogP contribution is -2.05. The number of rotatable bonds is 1. The molecule has 0 amide bonds. The molecule has 0 heterocycles. The van der Waals surface area contributed by atoms with Gasteiger partial charge in [0.25, 0.3) is 0 Å². The molecule has 0 aliphatic heterocycles. The van der Waals surface area contributed by atoms with Crippen molar-refractivity contribution in [2.24, 2.45) is 0 Å². The van der Waals surface area contributed by atoms with Gasteiger partial charge in [0.15, 0.2) is 0 Å². The molecule has 0 saturated heterocycles. The molecule has 2 rings (SSSR count). The zero-order chi connectivity index (χ0) is 7.90. The molecule has 0 unspecified atom stereocenters. The molecule has 1 heteroatoms. The number of para-hydroxylation sites is 1. The van der Waals surface area contributed by atoms with Crippen molar-refractivity contribution >= 4 is 0 Å². The summed E-state index contributed by atoms with van der Waals surface area (Å²) in [5.41, 5.74) is 1.22. The molecule has 0 bridgehead atoms. The summed E-state index contributed by atoms with van der Waals surface area (Å²) in [6.07, 6.45) is 2.35. The Morgan fingerprint density at radius 3 is 2.45 bits per heavy atom. The average molecular weight is 147 g/mol. The van der Waals surface area contributed by atoms with Crippen LogP contribution in [0, 0.1) is 0 Å². The maximum atomic E-state index is 11.3. The Bertz CT molecular complexity index is 274. The van der Waals surface area contributed by atoms with Gasteiger partial charge in [-0.05, 0) is 23.8 Å². The van der Waals surface area contributed by atoms with E-state index in [1.54, 1.807) is 12.1 Å². The van der Waals surface area contributed by atoms with E-state index >= 15 is 0 Å². The van der Waals surface area contributed by atoms with Crippen molar-refractivity contribution in [3.8, 4) is 5.75 Å². The highest BCUT2D eigenvalue weighted by Crippen LogP contribution is 2.49. The lowest BCUT2D eigenvalue weighted by atomic mass is 9.98. The van der Waals surface area contributed by atoms with Crippen molar-refractivity contribution in [1.82, 2.24) is 0 Å². The molecular weight excluding hydrogens is 136 g/mol. The summed E-state index contributed by atoms with van der Waals surface area (Å²) in [5.74, 6) is 0.201. The molecule has 0 radical (unpaired) electrons. The Morgan fingerprint density at radius 1 is 1.27 bits per heavy atom. The maximum Gasteiger partial charge on any atom is -0.00807 e. The fourth-order valence-electron chi connectivity index (χ4n) is 1.42. The summed E-state index contributed by atoms with van der Waals surface area (Å²) in [5, 5.41) is 11.3. The second kappa shape index (κ2) is 2.00. The lowest BCUT2D eigenvalue weighted by Gasteiger charge is -2.17. The maximum absolute atomic E-state index is 11.3. The van der Waals surface area contributed by atoms with E-state index in [1.807, 2.05) is 12.1 Å². The van der Waals surface area contributed by atoms with E-state index in [4.69, 9.17) is 0 Å². The van der Waals surface area contributed by atoms with Crippen molar-refractivity contribution in [2.45, 2.75) is 25.2 Å². The Balaban J connectivity index is 2.45. The molecule has 1 aromatic carbocycles. The first-order chi connectivity index (χ1) is 5.22. The van der Waals surface area contributed by atoms with Gasteiger partial charge in [-0.1, -0.05) is 31.2 Å². The van der Waals surface area contributed by atoms with Crippen molar-refractivity contribution in [2.75, 3.05) is 0 Å². The van der Waals surface area contributed by atoms with Crippen LogP contribution < -0.4 is 5.11 Å². The Labute approximate surface area is 66.7 Å². The fourth-order valence-corrected chi connectivity index (χ4v) is 1.42. The number of benzene rings is 1. The van der Waals surface area contributed by atoms with Crippen LogP contribution in [0.5, 0.6) is 5.75 Å². The summed E-state index contributed by atoms with van der Waals surface area (Å²) in [4.78, 5) is 0. The van der Waals surface area contributed by atoms with Gasteiger partial charge < -0.3 is 5.11 Å². The van der Waals surface area contributed by atoms with Crippen LogP contribution in [0.25, 0.3) is 0 Å². The first-order valence-corrected chi connectivity index (χ1v) is 3.99. The van der Waals surface area contributed by atoms with Gasteiger partial charge >= 0.3 is 0 Å². The topological polar surface area (TPSA) is 23.1 Å². The smallest absolute Gasteiger partial charge is 0.00807 e. The zero-order valence-corrected chi connectivity index (χ0v) is 6.63. The van der Waals surface area contributed by atoms with Gasteiger partial charge in [-0.3, -0.25) is 0 Å². The monoisotopic (exact) mass is 147 g/mol. The molecular formula is C10H11O-. The Hall–Kier alpha value is -0.980. The Morgan fingerprint density at radius 2 is 1.91 bits per heavy atom. The van der Waals surface area contributed by atoms with E-state index < -0.39 is 0 Å². The number of hydrogen-bond donors (Lipinski definition) is 0. The minimum absolute atomic E-state index is 0.201. The minimum atomic E-state index is 0.201. The van der Waals surface area contributed by atoms with Gasteiger partial charge in [0, 0.05) is 0 Å². The van der Waals surface area contributed by atoms with Crippen LogP contribution in [0.3, 0.4) is 0 Å². The second-order valence-corrected chi connectivity index (χ2v) is 3.56. The van der Waals surface area contributed by atoms with Gasteiger partial charge in [0.1, 0.15) is 0 Å². The third-order valence-electron chi connectivity index (χ3n) is 2.54. The van der Waals surface area contributed by atoms with Gasteiger partial charge in [-0.25, -0.2) is 0 Å². The molecule has 1 saturated carbocycles. The molecule has 0 atom stereocenters. The van der Waals surface area contributed by atoms with Crippen LogP contribution in [0.1, 0.15) is 25.3 Å². The van der Waals surface area contributed by atoms with E-state index in [2.05, 4.69) is 6.92 Å². The normalized spacial score (nSPS) is 19.7. The molecule has 0 spiro atoms. The van der Waals surface area contributed by atoms with Crippen molar-refractivity contribution in [1.29, 1.82) is 0 Å². The summed E-state index contributed by atoms with van der Waals surface area (Å²) in [6, 6.07) is 7.35. The average Bonchev–Trinajstić information content (AvgIpc) is 2.70. The first-order valence-electron chi connectivity index (χ1n) is 3.99. The van der Waals surface area contributed by atoms with Crippen LogP contribution in [0.15, 0.2) is 24.3 Å². The molecule has 1 aromatic rings. The standard InChI is InChI=1S/C10H12O/c1-10(6-7-10)8-4-2-3-5-9(8)11/h2-5,11H,6-7H2,1H3/p-1. The SMILES string of the molecule is CC1(c2ccccc2[O-])CC1. The molecule has 11 heavy (non-hydrogen) atoms. The second-order valence-electron chi connectivity index (χ2n) is 3.56. The van der Waals surface area contributed by atoms with Crippen molar-refractivity contribution < 1.29 is 5.11 Å². The third kappa shape index (κ3) is 1.01. The van der Waals surface area contributed by atoms with Crippen LogP contribution in [-0.4, -0.2) is 0 Å². The lowest BCUT2D eigenvalue weighted by molar-refractivity contribution is -0.269. The van der Waals surface area contributed by atoms with Crippen LogP contribution in [0.4, 0.5) is 0 Å². The quantitative estimate of drug-likeness (QED) is 0.594. The van der Waals surface area contributed by atoms with Crippen LogP contribution in [0.2, 0.25) is 0 Å². The fraction of sp³-hybridized carbons (Fsp3) is 0.400. The van der Waals surface area contributed by atoms with Gasteiger partial charge in [-0.2, -0.15) is 0 Å². The van der Waals surface area contributed by atoms with Gasteiger partial charge in [-0.15, -0.1) is 5.75 Å². The Kier molecular flexibility index (Phi) is 1.22. The summed E-state index contributed by atoms with van der Waals surface area (Å²) < 4.78 is 0. The molecule has 0 aromatic heterocycles. The molecule has 58 valence electrons. The van der Waals surface area contributed by atoms with E-state index in [9.17, 15) is 5.11 Å². The van der Waals surface area contributed by atoms with E-state index in [-0.39, 0.29) is 11.2 Å². The summed E-state index contributed by atoms with van der Waals surface area (Å²) in [6.45, 7) is 2.16. The van der Waals surface area contributed by atoms with Gasteiger partial charge in [0.2, 0.25) is 0 Å². The predicted molar refractivity (Wildman–Crippen MR) is 42.5 cm³/mol. The highest BCUT2D eigenvalue weighted by molar-refractivity contribution is 5.40. The molecule has 1 aliphatic rings. The van der Waals surface area contributed by atoms with Crippen LogP contribution >= 0.6 is 0 Å². The molecule has 1 aliphatic carbocycles. The van der Waals surface area contributed by atoms with E-state index in [0.717, 1.165) is 5.56 Å². The number of hydrogen-bond acceptors (Lipinski definition) is 1. The summed E-state index contributed by atoms with van der Waals surface area (Å²) in [7, 11) is 0. The van der Waals surface area contributed by atoms with E-state index in [0.29, 0.717) is 0 Å². The third-order valence-corrected chi connectivity index (χ3v) is 2.54. The molecule has 1 nitrogen and oxygen atoms in total. The largest absolute Gasteiger partial charge is 0.872 e. The first kappa shape index (κ1) is 6.71. The van der Waals surface area contributed by atoms with Crippen molar-refractivity contribution in [3.63, 3.8) is 0 Å². The highest BCUT2D eigenvalue weighted by Gasteiger charge is 2.38.